The summed E-state index contributed by atoms with van der Waals surface area (Å²) in [4.78, 5) is 4.59. The highest BCUT2D eigenvalue weighted by Crippen LogP contribution is 2.22. The van der Waals surface area contributed by atoms with Crippen LogP contribution in [0.15, 0.2) is 0 Å². The highest BCUT2D eigenvalue weighted by atomic mass is 15.2. The third-order valence-electron chi connectivity index (χ3n) is 3.41. The summed E-state index contributed by atoms with van der Waals surface area (Å²) in [6.07, 6.45) is 3.61. The molecule has 0 aromatic rings. The molecule has 0 bridgehead atoms. The van der Waals surface area contributed by atoms with E-state index in [0.29, 0.717) is 6.04 Å². The molecule has 1 fully saturated rings. The van der Waals surface area contributed by atoms with Gasteiger partial charge < -0.3 is 9.80 Å². The Morgan fingerprint density at radius 2 is 2.00 bits per heavy atom. The molecule has 0 amide bonds. The molecule has 0 spiro atoms. The highest BCUT2D eigenvalue weighted by molar-refractivity contribution is 5.08. The van der Waals surface area contributed by atoms with Crippen molar-refractivity contribution in [2.24, 2.45) is 0 Å². The molecule has 1 aliphatic carbocycles. The van der Waals surface area contributed by atoms with Crippen LogP contribution in [0.25, 0.3) is 0 Å². The smallest absolute Gasteiger partial charge is 0.116 e. The second-order valence-electron chi connectivity index (χ2n) is 5.89. The van der Waals surface area contributed by atoms with E-state index in [4.69, 9.17) is 0 Å². The molecule has 0 radical (unpaired) electrons. The van der Waals surface area contributed by atoms with Gasteiger partial charge in [-0.15, -0.1) is 0 Å². The van der Waals surface area contributed by atoms with Gasteiger partial charge in [-0.1, -0.05) is 6.92 Å². The lowest BCUT2D eigenvalue weighted by Crippen LogP contribution is -2.51. The van der Waals surface area contributed by atoms with Crippen molar-refractivity contribution in [3.63, 3.8) is 0 Å². The summed E-state index contributed by atoms with van der Waals surface area (Å²) in [5.41, 5.74) is -0.394. The second kappa shape index (κ2) is 7.08. The molecule has 1 atom stereocenters. The predicted molar refractivity (Wildman–Crippen MR) is 75.5 cm³/mol. The highest BCUT2D eigenvalue weighted by Gasteiger charge is 2.33. The van der Waals surface area contributed by atoms with E-state index in [9.17, 15) is 5.26 Å². The van der Waals surface area contributed by atoms with Gasteiger partial charge in [-0.25, -0.2) is 0 Å². The standard InChI is InChI=1S/C14H28N4/c1-5-18(10-6-9-17(3)4)12-14(2,11-15)16-13-7-8-13/h13,16H,5-10,12H2,1-4H3. The van der Waals surface area contributed by atoms with Crippen LogP contribution in [0.3, 0.4) is 0 Å². The van der Waals surface area contributed by atoms with E-state index >= 15 is 0 Å². The van der Waals surface area contributed by atoms with Crippen molar-refractivity contribution in [2.75, 3.05) is 40.3 Å². The lowest BCUT2D eigenvalue weighted by atomic mass is 10.0. The first-order valence-corrected chi connectivity index (χ1v) is 7.05. The largest absolute Gasteiger partial charge is 0.309 e. The fourth-order valence-electron chi connectivity index (χ4n) is 2.20. The van der Waals surface area contributed by atoms with Crippen molar-refractivity contribution in [1.82, 2.24) is 15.1 Å². The maximum absolute atomic E-state index is 9.37. The summed E-state index contributed by atoms with van der Waals surface area (Å²) in [5.74, 6) is 0. The number of hydrogen-bond acceptors (Lipinski definition) is 4. The van der Waals surface area contributed by atoms with Gasteiger partial charge in [0.1, 0.15) is 5.54 Å². The quantitative estimate of drug-likeness (QED) is 0.671. The molecule has 1 unspecified atom stereocenters. The molecule has 4 heteroatoms. The Bertz CT molecular complexity index is 280. The Morgan fingerprint density at radius 3 is 2.44 bits per heavy atom. The van der Waals surface area contributed by atoms with Crippen LogP contribution >= 0.6 is 0 Å². The zero-order chi connectivity index (χ0) is 13.6. The lowest BCUT2D eigenvalue weighted by molar-refractivity contribution is 0.217. The first-order valence-electron chi connectivity index (χ1n) is 7.05. The maximum Gasteiger partial charge on any atom is 0.116 e. The van der Waals surface area contributed by atoms with Crippen molar-refractivity contribution in [2.45, 2.75) is 44.7 Å². The van der Waals surface area contributed by atoms with Crippen molar-refractivity contribution in [3.8, 4) is 6.07 Å². The summed E-state index contributed by atoms with van der Waals surface area (Å²) in [6.45, 7) is 8.21. The average Bonchev–Trinajstić information content (AvgIpc) is 3.11. The molecular weight excluding hydrogens is 224 g/mol. The Labute approximate surface area is 112 Å². The minimum Gasteiger partial charge on any atom is -0.309 e. The van der Waals surface area contributed by atoms with Gasteiger partial charge in [-0.3, -0.25) is 5.32 Å². The molecule has 18 heavy (non-hydrogen) atoms. The van der Waals surface area contributed by atoms with Crippen LogP contribution in [0, 0.1) is 11.3 Å². The van der Waals surface area contributed by atoms with Crippen molar-refractivity contribution in [1.29, 1.82) is 5.26 Å². The van der Waals surface area contributed by atoms with Crippen LogP contribution in [0.1, 0.15) is 33.1 Å². The molecule has 1 aliphatic rings. The van der Waals surface area contributed by atoms with Crippen LogP contribution in [0.4, 0.5) is 0 Å². The monoisotopic (exact) mass is 252 g/mol. The molecule has 0 aliphatic heterocycles. The summed E-state index contributed by atoms with van der Waals surface area (Å²) in [5, 5.41) is 12.8. The van der Waals surface area contributed by atoms with Gasteiger partial charge in [-0.05, 0) is 59.9 Å². The Morgan fingerprint density at radius 1 is 1.33 bits per heavy atom. The molecule has 0 aromatic heterocycles. The second-order valence-corrected chi connectivity index (χ2v) is 5.89. The van der Waals surface area contributed by atoms with Gasteiger partial charge in [0.2, 0.25) is 0 Å². The Kier molecular flexibility index (Phi) is 6.07. The molecule has 0 aromatic carbocycles. The molecule has 1 saturated carbocycles. The van der Waals surface area contributed by atoms with E-state index in [1.165, 1.54) is 12.8 Å². The van der Waals surface area contributed by atoms with Gasteiger partial charge in [-0.2, -0.15) is 5.26 Å². The zero-order valence-corrected chi connectivity index (χ0v) is 12.4. The fourth-order valence-corrected chi connectivity index (χ4v) is 2.20. The predicted octanol–water partition coefficient (Wildman–Crippen LogP) is 1.29. The van der Waals surface area contributed by atoms with Gasteiger partial charge in [0.05, 0.1) is 6.07 Å². The molecule has 1 rings (SSSR count). The van der Waals surface area contributed by atoms with Crippen LogP contribution in [-0.4, -0.2) is 61.7 Å². The van der Waals surface area contributed by atoms with E-state index in [1.54, 1.807) is 0 Å². The summed E-state index contributed by atoms with van der Waals surface area (Å²) >= 11 is 0. The molecular formula is C14H28N4. The van der Waals surface area contributed by atoms with E-state index in [0.717, 1.165) is 32.6 Å². The molecule has 104 valence electrons. The molecule has 1 N–H and O–H groups in total. The number of hydrogen-bond donors (Lipinski definition) is 1. The van der Waals surface area contributed by atoms with E-state index < -0.39 is 5.54 Å². The van der Waals surface area contributed by atoms with Gasteiger partial charge in [0.15, 0.2) is 0 Å². The normalized spacial score (nSPS) is 18.9. The SMILES string of the molecule is CCN(CCCN(C)C)CC(C)(C#N)NC1CC1. The first kappa shape index (κ1) is 15.4. The zero-order valence-electron chi connectivity index (χ0n) is 12.4. The van der Waals surface area contributed by atoms with E-state index in [-0.39, 0.29) is 0 Å². The van der Waals surface area contributed by atoms with E-state index in [2.05, 4.69) is 42.2 Å². The molecule has 0 heterocycles. The number of nitriles is 1. The minimum atomic E-state index is -0.394. The van der Waals surface area contributed by atoms with Gasteiger partial charge in [0, 0.05) is 12.6 Å². The fraction of sp³-hybridized carbons (Fsp3) is 0.929. The number of nitrogens with one attached hydrogen (secondary N) is 1. The van der Waals surface area contributed by atoms with Gasteiger partial charge >= 0.3 is 0 Å². The lowest BCUT2D eigenvalue weighted by Gasteiger charge is -2.31. The third kappa shape index (κ3) is 5.81. The number of likely N-dealkylation sites (N-methyl/N-ethyl adjacent to an activating group) is 1. The van der Waals surface area contributed by atoms with Crippen molar-refractivity contribution >= 4 is 0 Å². The van der Waals surface area contributed by atoms with Gasteiger partial charge in [0.25, 0.3) is 0 Å². The molecule has 4 nitrogen and oxygen atoms in total. The van der Waals surface area contributed by atoms with Crippen LogP contribution in [0.2, 0.25) is 0 Å². The third-order valence-corrected chi connectivity index (χ3v) is 3.41. The van der Waals surface area contributed by atoms with Crippen LogP contribution in [0.5, 0.6) is 0 Å². The Balaban J connectivity index is 2.36. The summed E-state index contributed by atoms with van der Waals surface area (Å²) in [7, 11) is 4.20. The first-order chi connectivity index (χ1) is 8.49. The van der Waals surface area contributed by atoms with Crippen molar-refractivity contribution in [3.05, 3.63) is 0 Å². The minimum absolute atomic E-state index is 0.394. The number of nitrogens with zero attached hydrogens (tertiary/aromatic N) is 3. The van der Waals surface area contributed by atoms with Crippen LogP contribution < -0.4 is 5.32 Å². The summed E-state index contributed by atoms with van der Waals surface area (Å²) in [6, 6.07) is 3.03. The average molecular weight is 252 g/mol. The Hall–Kier alpha value is -0.630. The maximum atomic E-state index is 9.37. The van der Waals surface area contributed by atoms with Crippen LogP contribution in [-0.2, 0) is 0 Å². The number of rotatable bonds is 9. The topological polar surface area (TPSA) is 42.3 Å². The van der Waals surface area contributed by atoms with E-state index in [1.807, 2.05) is 6.92 Å². The molecule has 0 saturated heterocycles. The van der Waals surface area contributed by atoms with Crippen molar-refractivity contribution < 1.29 is 0 Å². The summed E-state index contributed by atoms with van der Waals surface area (Å²) < 4.78 is 0.